The molecule has 0 radical (unpaired) electrons. The monoisotopic (exact) mass is 463 g/mol. The fourth-order valence-electron chi connectivity index (χ4n) is 6.08. The molecule has 1 aliphatic carbocycles. The van der Waals surface area contributed by atoms with Gasteiger partial charge in [-0.15, -0.1) is 0 Å². The van der Waals surface area contributed by atoms with E-state index in [0.29, 0.717) is 37.9 Å². The quantitative estimate of drug-likeness (QED) is 0.511. The standard InChI is InChI=1S/C26H33N5O3/c27-14-25(32)8-4-18(5-9-25)31-13-21(22-23(28)29-16-30-24(22)31)17-2-1-3-20(12-17)33-15-26-10-6-19(34-26)7-11-26/h1-3,12-13,16,18-19,32H,4-11,14-15,27H2,(H2,28,29,30). The van der Waals surface area contributed by atoms with Gasteiger partial charge in [-0.1, -0.05) is 12.1 Å². The minimum Gasteiger partial charge on any atom is -0.491 e. The van der Waals surface area contributed by atoms with Gasteiger partial charge in [0.2, 0.25) is 0 Å². The van der Waals surface area contributed by atoms with E-state index >= 15 is 0 Å². The van der Waals surface area contributed by atoms with Gasteiger partial charge >= 0.3 is 0 Å². The Morgan fingerprint density at radius 1 is 1.12 bits per heavy atom. The maximum Gasteiger partial charge on any atom is 0.146 e. The Bertz CT molecular complexity index is 1190. The smallest absolute Gasteiger partial charge is 0.146 e. The number of anilines is 1. The lowest BCUT2D eigenvalue weighted by Gasteiger charge is -2.35. The predicted molar refractivity (Wildman–Crippen MR) is 130 cm³/mol. The molecule has 1 aromatic carbocycles. The third-order valence-electron chi connectivity index (χ3n) is 8.21. The lowest BCUT2D eigenvalue weighted by Crippen LogP contribution is -2.41. The van der Waals surface area contributed by atoms with Crippen LogP contribution in [0.1, 0.15) is 57.4 Å². The normalized spacial score (nSPS) is 30.8. The highest BCUT2D eigenvalue weighted by atomic mass is 16.6. The molecular formula is C26H33N5O3. The van der Waals surface area contributed by atoms with Crippen LogP contribution in [0.25, 0.3) is 22.2 Å². The second kappa shape index (κ2) is 8.22. The van der Waals surface area contributed by atoms with Crippen LogP contribution in [-0.2, 0) is 4.74 Å². The summed E-state index contributed by atoms with van der Waals surface area (Å²) >= 11 is 0. The first-order chi connectivity index (χ1) is 16.5. The van der Waals surface area contributed by atoms with Crippen LogP contribution in [0, 0.1) is 0 Å². The van der Waals surface area contributed by atoms with Crippen molar-refractivity contribution in [3.63, 3.8) is 0 Å². The maximum atomic E-state index is 10.6. The van der Waals surface area contributed by atoms with Crippen LogP contribution in [0.4, 0.5) is 5.82 Å². The van der Waals surface area contributed by atoms with Gasteiger partial charge in [-0.3, -0.25) is 0 Å². The Balaban J connectivity index is 1.30. The molecular weight excluding hydrogens is 430 g/mol. The van der Waals surface area contributed by atoms with Gasteiger partial charge in [0.25, 0.3) is 0 Å². The topological polar surface area (TPSA) is 121 Å². The number of hydrogen-bond acceptors (Lipinski definition) is 7. The molecule has 2 aliphatic heterocycles. The van der Waals surface area contributed by atoms with Gasteiger partial charge < -0.3 is 30.6 Å². The number of fused-ring (bicyclic) bond motifs is 3. The largest absolute Gasteiger partial charge is 0.491 e. The van der Waals surface area contributed by atoms with Crippen LogP contribution in [0.2, 0.25) is 0 Å². The van der Waals surface area contributed by atoms with Crippen molar-refractivity contribution >= 4 is 16.9 Å². The van der Waals surface area contributed by atoms with E-state index in [2.05, 4.69) is 32.9 Å². The highest BCUT2D eigenvalue weighted by molar-refractivity contribution is 6.00. The minimum absolute atomic E-state index is 0.110. The molecule has 34 heavy (non-hydrogen) atoms. The number of aromatic nitrogens is 3. The summed E-state index contributed by atoms with van der Waals surface area (Å²) in [6, 6.07) is 8.38. The average Bonchev–Trinajstić information content (AvgIpc) is 3.58. The summed E-state index contributed by atoms with van der Waals surface area (Å²) in [4.78, 5) is 8.87. The zero-order valence-corrected chi connectivity index (χ0v) is 19.4. The Hall–Kier alpha value is -2.68. The molecule has 4 heterocycles. The highest BCUT2D eigenvalue weighted by Crippen LogP contribution is 2.44. The van der Waals surface area contributed by atoms with Gasteiger partial charge in [0.1, 0.15) is 35.7 Å². The first-order valence-electron chi connectivity index (χ1n) is 12.4. The summed E-state index contributed by atoms with van der Waals surface area (Å²) in [6.07, 6.45) is 11.6. The van der Waals surface area contributed by atoms with Crippen molar-refractivity contribution < 1.29 is 14.6 Å². The van der Waals surface area contributed by atoms with Crippen molar-refractivity contribution in [1.82, 2.24) is 14.5 Å². The summed E-state index contributed by atoms with van der Waals surface area (Å²) in [7, 11) is 0. The second-order valence-corrected chi connectivity index (χ2v) is 10.4. The SMILES string of the molecule is NCC1(O)CCC(n2cc(-c3cccc(OCC45CCC(CC4)O5)c3)c3c(N)ncnc32)CC1. The van der Waals surface area contributed by atoms with Crippen molar-refractivity contribution in [1.29, 1.82) is 0 Å². The Labute approximate surface area is 199 Å². The van der Waals surface area contributed by atoms with Gasteiger partial charge in [0.15, 0.2) is 0 Å². The predicted octanol–water partition coefficient (Wildman–Crippen LogP) is 3.58. The number of nitrogens with zero attached hydrogens (tertiary/aromatic N) is 3. The van der Waals surface area contributed by atoms with Crippen molar-refractivity contribution in [2.75, 3.05) is 18.9 Å². The molecule has 0 spiro atoms. The van der Waals surface area contributed by atoms with Crippen molar-refractivity contribution in [3.8, 4) is 16.9 Å². The molecule has 6 rings (SSSR count). The third kappa shape index (κ3) is 3.74. The Kier molecular flexibility index (Phi) is 5.28. The van der Waals surface area contributed by atoms with E-state index in [9.17, 15) is 5.11 Å². The van der Waals surface area contributed by atoms with Crippen LogP contribution >= 0.6 is 0 Å². The molecule has 3 aromatic rings. The molecule has 8 heteroatoms. The van der Waals surface area contributed by atoms with E-state index < -0.39 is 5.60 Å². The average molecular weight is 464 g/mol. The molecule has 2 saturated heterocycles. The van der Waals surface area contributed by atoms with E-state index in [1.54, 1.807) is 0 Å². The molecule has 8 nitrogen and oxygen atoms in total. The lowest BCUT2D eigenvalue weighted by molar-refractivity contribution is -0.0198. The summed E-state index contributed by atoms with van der Waals surface area (Å²) in [5.41, 5.74) is 14.1. The Morgan fingerprint density at radius 3 is 2.62 bits per heavy atom. The molecule has 180 valence electrons. The molecule has 0 unspecified atom stereocenters. The van der Waals surface area contributed by atoms with E-state index in [4.69, 9.17) is 20.9 Å². The van der Waals surface area contributed by atoms with Crippen LogP contribution in [-0.4, -0.2) is 50.1 Å². The van der Waals surface area contributed by atoms with Crippen molar-refractivity contribution in [2.24, 2.45) is 5.73 Å². The van der Waals surface area contributed by atoms with E-state index in [1.807, 2.05) is 12.1 Å². The summed E-state index contributed by atoms with van der Waals surface area (Å²) in [5, 5.41) is 11.4. The number of benzene rings is 1. The molecule has 3 aliphatic rings. The zero-order chi connectivity index (χ0) is 23.3. The number of nitrogens with two attached hydrogens (primary N) is 2. The summed E-state index contributed by atoms with van der Waals surface area (Å²) in [6.45, 7) is 0.887. The Morgan fingerprint density at radius 2 is 1.91 bits per heavy atom. The fourth-order valence-corrected chi connectivity index (χ4v) is 6.08. The zero-order valence-electron chi connectivity index (χ0n) is 19.4. The number of aliphatic hydroxyl groups is 1. The highest BCUT2D eigenvalue weighted by Gasteiger charge is 2.46. The molecule has 1 saturated carbocycles. The van der Waals surface area contributed by atoms with Gasteiger partial charge in [0.05, 0.1) is 17.1 Å². The number of hydrogen-bond donors (Lipinski definition) is 3. The van der Waals surface area contributed by atoms with Crippen LogP contribution in [0.15, 0.2) is 36.8 Å². The molecule has 2 aromatic heterocycles. The number of rotatable bonds is 6. The van der Waals surface area contributed by atoms with Crippen LogP contribution in [0.5, 0.6) is 5.75 Å². The van der Waals surface area contributed by atoms with Gasteiger partial charge in [0, 0.05) is 24.3 Å². The van der Waals surface area contributed by atoms with Crippen LogP contribution in [0.3, 0.4) is 0 Å². The summed E-state index contributed by atoms with van der Waals surface area (Å²) < 4.78 is 14.6. The fraction of sp³-hybridized carbons (Fsp3) is 0.538. The van der Waals surface area contributed by atoms with Gasteiger partial charge in [-0.2, -0.15) is 0 Å². The summed E-state index contributed by atoms with van der Waals surface area (Å²) in [5.74, 6) is 1.29. The van der Waals surface area contributed by atoms with E-state index in [1.165, 1.54) is 6.33 Å². The van der Waals surface area contributed by atoms with E-state index in [-0.39, 0.29) is 11.6 Å². The molecule has 3 fully saturated rings. The third-order valence-corrected chi connectivity index (χ3v) is 8.21. The first kappa shape index (κ1) is 21.8. The first-order valence-corrected chi connectivity index (χ1v) is 12.4. The second-order valence-electron chi connectivity index (χ2n) is 10.4. The maximum absolute atomic E-state index is 10.6. The van der Waals surface area contributed by atoms with Crippen LogP contribution < -0.4 is 16.2 Å². The lowest BCUT2D eigenvalue weighted by atomic mass is 9.82. The van der Waals surface area contributed by atoms with Crippen molar-refractivity contribution in [2.45, 2.75) is 74.7 Å². The van der Waals surface area contributed by atoms with Gasteiger partial charge in [-0.05, 0) is 69.1 Å². The molecule has 5 N–H and O–H groups in total. The van der Waals surface area contributed by atoms with E-state index in [0.717, 1.165) is 66.4 Å². The minimum atomic E-state index is -0.760. The molecule has 0 atom stereocenters. The number of ether oxygens (including phenoxy) is 2. The molecule has 0 amide bonds. The van der Waals surface area contributed by atoms with Gasteiger partial charge in [-0.25, -0.2) is 9.97 Å². The number of nitrogen functional groups attached to an aromatic ring is 1. The molecule has 2 bridgehead atoms. The van der Waals surface area contributed by atoms with Crippen molar-refractivity contribution in [3.05, 3.63) is 36.8 Å².